The molecule has 14 atom stereocenters. The molecule has 1 amide bonds. The number of cyclic esters (lactones) is 1. The van der Waals surface area contributed by atoms with Gasteiger partial charge in [-0.1, -0.05) is 71.1 Å². The number of allylic oxidation sites excluding steroid dienone is 6. The number of rotatable bonds is 5. The summed E-state index contributed by atoms with van der Waals surface area (Å²) in [6, 6.07) is -1.11. The van der Waals surface area contributed by atoms with Gasteiger partial charge in [0.2, 0.25) is 5.79 Å². The highest BCUT2D eigenvalue weighted by Gasteiger charge is 2.53. The fourth-order valence-corrected chi connectivity index (χ4v) is 9.84. The van der Waals surface area contributed by atoms with Crippen molar-refractivity contribution in [2.45, 2.75) is 180 Å². The van der Waals surface area contributed by atoms with E-state index in [9.17, 15) is 39.3 Å². The van der Waals surface area contributed by atoms with Crippen LogP contribution >= 0.6 is 0 Å². The summed E-state index contributed by atoms with van der Waals surface area (Å²) in [5.41, 5.74) is 1.29. The molecule has 2 bridgehead atoms. The number of aliphatic hydroxyl groups excluding tert-OH is 2. The summed E-state index contributed by atoms with van der Waals surface area (Å²) in [5, 5.41) is 33.6. The van der Waals surface area contributed by atoms with Gasteiger partial charge in [0.1, 0.15) is 30.1 Å². The van der Waals surface area contributed by atoms with Crippen LogP contribution in [0.15, 0.2) is 47.6 Å². The van der Waals surface area contributed by atoms with Crippen LogP contribution < -0.4 is 0 Å². The molecule has 3 heterocycles. The Morgan fingerprint density at radius 1 is 0.825 bits per heavy atom. The molecule has 3 fully saturated rings. The second-order valence-electron chi connectivity index (χ2n) is 19.2. The third-order valence-corrected chi connectivity index (χ3v) is 14.1. The topological polar surface area (TPSA) is 186 Å². The molecule has 0 unspecified atom stereocenters. The van der Waals surface area contributed by atoms with E-state index in [1.165, 1.54) is 12.0 Å². The van der Waals surface area contributed by atoms with E-state index in [2.05, 4.69) is 0 Å². The molecule has 0 spiro atoms. The molecular formula is C50H77NO12. The van der Waals surface area contributed by atoms with Crippen molar-refractivity contribution in [3.63, 3.8) is 0 Å². The van der Waals surface area contributed by atoms with E-state index in [0.29, 0.717) is 63.4 Å². The van der Waals surface area contributed by atoms with Gasteiger partial charge in [0, 0.05) is 51.4 Å². The molecule has 4 aliphatic rings. The summed E-state index contributed by atoms with van der Waals surface area (Å²) in [6.07, 6.45) is 12.9. The Bertz CT molecular complexity index is 1700. The number of esters is 1. The standard InChI is InChI=1S/C50H77NO12/c1-30-15-11-10-12-16-31(2)43(60-8)29-39-21-18-36(7)50(59,63-39)47(56)48(57)51-24-14-13-17-40(51)49(58)62-38(22-19-37-20-23-41(52)33(4)27-37)28-42(53)32(3)26-35(6)45(55)46(61-9)44(54)34(5)25-30/h10-12,15-16,26,30,32-34,36-41,43,45-46,52,55,59H,13-14,17-25,27-29H2,1-9H3/b12-10+,15-11+,31-16+,35-26+/t30-,32-,33-,34-,36-,37-,38-,39+,40+,41-,43+,45-,46+,50-/m1/s1. The molecule has 0 aromatic carbocycles. The lowest BCUT2D eigenvalue weighted by Crippen LogP contribution is -2.60. The van der Waals surface area contributed by atoms with Crippen LogP contribution in [0.2, 0.25) is 0 Å². The van der Waals surface area contributed by atoms with Gasteiger partial charge < -0.3 is 39.2 Å². The molecule has 3 N–H and O–H groups in total. The number of carbonyl (C=O) groups excluding carboxylic acids is 5. The number of hydrogen-bond donors (Lipinski definition) is 3. The molecule has 354 valence electrons. The Morgan fingerprint density at radius 3 is 2.24 bits per heavy atom. The highest BCUT2D eigenvalue weighted by Crippen LogP contribution is 2.37. The zero-order valence-corrected chi connectivity index (χ0v) is 39.3. The fourth-order valence-electron chi connectivity index (χ4n) is 9.84. The lowest BCUT2D eigenvalue weighted by Gasteiger charge is -2.42. The quantitative estimate of drug-likeness (QED) is 0.154. The second kappa shape index (κ2) is 24.3. The van der Waals surface area contributed by atoms with Gasteiger partial charge in [-0.2, -0.15) is 0 Å². The van der Waals surface area contributed by atoms with Gasteiger partial charge in [0.05, 0.1) is 18.3 Å². The number of piperidine rings is 1. The molecule has 4 rings (SSSR count). The van der Waals surface area contributed by atoms with Crippen LogP contribution in [-0.4, -0.2) is 119 Å². The van der Waals surface area contributed by atoms with Crippen molar-refractivity contribution in [2.75, 3.05) is 20.8 Å². The van der Waals surface area contributed by atoms with Crippen molar-refractivity contribution >= 4 is 29.2 Å². The van der Waals surface area contributed by atoms with Crippen LogP contribution in [0.5, 0.6) is 0 Å². The average Bonchev–Trinajstić information content (AvgIpc) is 3.25. The number of Topliss-reactive ketones (excluding diaryl/α,β-unsaturated/α-hetero) is 3. The average molecular weight is 884 g/mol. The number of amides is 1. The number of ketones is 3. The third-order valence-electron chi connectivity index (χ3n) is 14.1. The van der Waals surface area contributed by atoms with Crippen LogP contribution in [0.4, 0.5) is 0 Å². The van der Waals surface area contributed by atoms with Gasteiger partial charge in [-0.25, -0.2) is 4.79 Å². The van der Waals surface area contributed by atoms with Gasteiger partial charge in [0.25, 0.3) is 11.7 Å². The molecular weight excluding hydrogens is 807 g/mol. The number of ether oxygens (including phenoxy) is 4. The van der Waals surface area contributed by atoms with E-state index in [4.69, 9.17) is 18.9 Å². The van der Waals surface area contributed by atoms with Crippen molar-refractivity contribution in [1.82, 2.24) is 4.90 Å². The minimum Gasteiger partial charge on any atom is -0.460 e. The fraction of sp³-hybridized carbons (Fsp3) is 0.740. The van der Waals surface area contributed by atoms with Crippen LogP contribution in [0.25, 0.3) is 0 Å². The number of fused-ring (bicyclic) bond motifs is 3. The lowest BCUT2D eigenvalue weighted by atomic mass is 9.78. The predicted octanol–water partition coefficient (Wildman–Crippen LogP) is 6.56. The maximum absolute atomic E-state index is 14.2. The highest BCUT2D eigenvalue weighted by atomic mass is 16.6. The zero-order valence-electron chi connectivity index (χ0n) is 39.3. The summed E-state index contributed by atoms with van der Waals surface area (Å²) >= 11 is 0. The monoisotopic (exact) mass is 884 g/mol. The lowest BCUT2D eigenvalue weighted by molar-refractivity contribution is -0.265. The van der Waals surface area contributed by atoms with E-state index in [1.54, 1.807) is 34.0 Å². The van der Waals surface area contributed by atoms with Crippen LogP contribution in [-0.2, 0) is 42.9 Å². The van der Waals surface area contributed by atoms with Gasteiger partial charge in [-0.3, -0.25) is 19.2 Å². The minimum atomic E-state index is -2.41. The highest BCUT2D eigenvalue weighted by molar-refractivity contribution is 6.39. The number of aliphatic hydroxyl groups is 3. The van der Waals surface area contributed by atoms with Crippen LogP contribution in [0, 0.1) is 35.5 Å². The van der Waals surface area contributed by atoms with Crippen molar-refractivity contribution in [2.24, 2.45) is 35.5 Å². The summed E-state index contributed by atoms with van der Waals surface area (Å²) in [5.74, 6) is -7.19. The first-order valence-electron chi connectivity index (χ1n) is 23.4. The van der Waals surface area contributed by atoms with E-state index in [-0.39, 0.29) is 54.8 Å². The summed E-state index contributed by atoms with van der Waals surface area (Å²) in [6.45, 7) is 12.9. The first-order valence-corrected chi connectivity index (χ1v) is 23.4. The summed E-state index contributed by atoms with van der Waals surface area (Å²) < 4.78 is 23.7. The number of nitrogens with zero attached hydrogens (tertiary/aromatic N) is 1. The number of methoxy groups -OCH3 is 2. The third kappa shape index (κ3) is 14.1. The van der Waals surface area contributed by atoms with Gasteiger partial charge in [0.15, 0.2) is 5.78 Å². The maximum Gasteiger partial charge on any atom is 0.329 e. The molecule has 2 saturated heterocycles. The molecule has 3 aliphatic heterocycles. The smallest absolute Gasteiger partial charge is 0.329 e. The van der Waals surface area contributed by atoms with Gasteiger partial charge in [-0.15, -0.1) is 0 Å². The van der Waals surface area contributed by atoms with E-state index < -0.39 is 77.8 Å². The summed E-state index contributed by atoms with van der Waals surface area (Å²) in [4.78, 5) is 71.2. The molecule has 0 aromatic rings. The number of hydrogen-bond acceptors (Lipinski definition) is 12. The SMILES string of the molecule is CO[C@H]1C[C@@H]2CC[C@@H](C)[C@@](O)(O2)C(=O)C(=O)N2CCCC[C@H]2C(=O)O[C@H](CC[C@@H]2CC[C@@H](O)[C@H](C)C2)CC(=O)[C@H](C)/C=C(\C)[C@@H](O)[C@@H](OC)C(=O)[C@H](C)C[C@H](C)/C=C/C=C/C=C/1C. The Morgan fingerprint density at radius 2 is 1.56 bits per heavy atom. The Hall–Kier alpha value is -3.33. The van der Waals surface area contributed by atoms with Crippen molar-refractivity contribution in [3.05, 3.63) is 47.6 Å². The van der Waals surface area contributed by atoms with Crippen LogP contribution in [0.1, 0.15) is 132 Å². The molecule has 13 nitrogen and oxygen atoms in total. The van der Waals surface area contributed by atoms with Crippen LogP contribution in [0.3, 0.4) is 0 Å². The van der Waals surface area contributed by atoms with Crippen molar-refractivity contribution < 1.29 is 58.2 Å². The van der Waals surface area contributed by atoms with Gasteiger partial charge >= 0.3 is 5.97 Å². The van der Waals surface area contributed by atoms with E-state index >= 15 is 0 Å². The van der Waals surface area contributed by atoms with Gasteiger partial charge in [-0.05, 0) is 113 Å². The molecule has 0 aromatic heterocycles. The normalized spacial score (nSPS) is 40.8. The molecule has 1 saturated carbocycles. The molecule has 1 aliphatic carbocycles. The Labute approximate surface area is 375 Å². The first-order chi connectivity index (χ1) is 29.8. The largest absolute Gasteiger partial charge is 0.460 e. The van der Waals surface area contributed by atoms with Crippen molar-refractivity contribution in [1.29, 1.82) is 0 Å². The molecule has 63 heavy (non-hydrogen) atoms. The first kappa shape index (κ1) is 52.3. The molecule has 0 radical (unpaired) electrons. The van der Waals surface area contributed by atoms with E-state index in [0.717, 1.165) is 18.4 Å². The zero-order chi connectivity index (χ0) is 46.6. The Balaban J connectivity index is 1.67. The molecule has 13 heteroatoms. The number of carbonyl (C=O) groups is 5. The van der Waals surface area contributed by atoms with Crippen molar-refractivity contribution in [3.8, 4) is 0 Å². The predicted molar refractivity (Wildman–Crippen MR) is 239 cm³/mol. The summed E-state index contributed by atoms with van der Waals surface area (Å²) in [7, 11) is 2.96. The minimum absolute atomic E-state index is 0.0282. The Kier molecular flexibility index (Phi) is 20.1. The second-order valence-corrected chi connectivity index (χ2v) is 19.2. The maximum atomic E-state index is 14.2. The van der Waals surface area contributed by atoms with E-state index in [1.807, 2.05) is 58.1 Å².